The van der Waals surface area contributed by atoms with Gasteiger partial charge in [-0.1, -0.05) is 20.8 Å². The molecule has 4 nitrogen and oxygen atoms in total. The molecule has 1 atom stereocenters. The van der Waals surface area contributed by atoms with Crippen LogP contribution in [0.3, 0.4) is 0 Å². The largest absolute Gasteiger partial charge is 0.407 e. The summed E-state index contributed by atoms with van der Waals surface area (Å²) in [6, 6.07) is 0. The zero-order valence-electron chi connectivity index (χ0n) is 8.32. The molecule has 0 radical (unpaired) electrons. The van der Waals surface area contributed by atoms with E-state index < -0.39 is 0 Å². The van der Waals surface area contributed by atoms with Crippen molar-refractivity contribution in [3.05, 3.63) is 12.2 Å². The van der Waals surface area contributed by atoms with Crippen LogP contribution < -0.4 is 4.84 Å². The Morgan fingerprint density at radius 1 is 1.54 bits per heavy atom. The van der Waals surface area contributed by atoms with Crippen LogP contribution in [0.5, 0.6) is 0 Å². The summed E-state index contributed by atoms with van der Waals surface area (Å²) in [5, 5.41) is 7.77. The van der Waals surface area contributed by atoms with E-state index in [1.807, 2.05) is 0 Å². The molecule has 0 N–H and O–H groups in total. The molecule has 0 aliphatic carbocycles. The molecule has 0 amide bonds. The fraction of sp³-hybridized carbons (Fsp3) is 0.778. The van der Waals surface area contributed by atoms with Crippen LogP contribution in [-0.2, 0) is 6.42 Å². The third-order valence-corrected chi connectivity index (χ3v) is 2.42. The highest BCUT2D eigenvalue weighted by Gasteiger charge is 2.31. The molecule has 0 fully saturated rings. The van der Waals surface area contributed by atoms with Gasteiger partial charge in [-0.25, -0.2) is 0 Å². The molecule has 0 saturated heterocycles. The number of hydrogen-bond acceptors (Lipinski definition) is 3. The average molecular weight is 181 g/mol. The third kappa shape index (κ3) is 1.53. The van der Waals surface area contributed by atoms with Gasteiger partial charge in [0.15, 0.2) is 12.2 Å². The van der Waals surface area contributed by atoms with Crippen molar-refractivity contribution in [2.45, 2.75) is 39.7 Å². The number of aromatic nitrogens is 3. The van der Waals surface area contributed by atoms with E-state index in [9.17, 15) is 0 Å². The smallest absolute Gasteiger partial charge is 0.169 e. The first-order valence-electron chi connectivity index (χ1n) is 4.63. The Labute approximate surface area is 77.9 Å². The summed E-state index contributed by atoms with van der Waals surface area (Å²) in [6.45, 7) is 6.56. The number of aryl methyl sites for hydroxylation is 1. The second-order valence-corrected chi connectivity index (χ2v) is 4.57. The van der Waals surface area contributed by atoms with Crippen LogP contribution >= 0.6 is 0 Å². The van der Waals surface area contributed by atoms with Gasteiger partial charge in [0.05, 0.1) is 0 Å². The van der Waals surface area contributed by atoms with E-state index in [0.29, 0.717) is 0 Å². The van der Waals surface area contributed by atoms with E-state index in [1.165, 1.54) is 0 Å². The van der Waals surface area contributed by atoms with E-state index in [-0.39, 0.29) is 11.5 Å². The number of hydrogen-bond donors (Lipinski definition) is 0. The van der Waals surface area contributed by atoms with E-state index in [4.69, 9.17) is 4.84 Å². The molecule has 4 heteroatoms. The molecule has 1 aromatic rings. The van der Waals surface area contributed by atoms with Gasteiger partial charge in [-0.05, 0) is 6.42 Å². The lowest BCUT2D eigenvalue weighted by Crippen LogP contribution is -2.40. The summed E-state index contributed by atoms with van der Waals surface area (Å²) in [5.74, 6) is 0.931. The normalized spacial score (nSPS) is 22.2. The van der Waals surface area contributed by atoms with Crippen molar-refractivity contribution >= 4 is 0 Å². The highest BCUT2D eigenvalue weighted by Crippen LogP contribution is 2.26. The van der Waals surface area contributed by atoms with Gasteiger partial charge in [0.25, 0.3) is 0 Å². The molecule has 2 rings (SSSR count). The van der Waals surface area contributed by atoms with Crippen molar-refractivity contribution < 1.29 is 4.84 Å². The third-order valence-electron chi connectivity index (χ3n) is 2.42. The van der Waals surface area contributed by atoms with Gasteiger partial charge in [-0.3, -0.25) is 0 Å². The standard InChI is InChI=1S/C9H15N3O/c1-9(2,3)7-4-5-8-11-10-6-12(8)13-7/h6-7H,4-5H2,1-3H3. The summed E-state index contributed by atoms with van der Waals surface area (Å²) < 4.78 is 1.69. The molecule has 72 valence electrons. The van der Waals surface area contributed by atoms with Crippen LogP contribution in [0.2, 0.25) is 0 Å². The average Bonchev–Trinajstić information content (AvgIpc) is 2.47. The molecular formula is C9H15N3O. The predicted octanol–water partition coefficient (Wildman–Crippen LogP) is 1.07. The van der Waals surface area contributed by atoms with E-state index in [2.05, 4.69) is 31.0 Å². The molecule has 1 aliphatic rings. The topological polar surface area (TPSA) is 39.9 Å². The summed E-state index contributed by atoms with van der Waals surface area (Å²) >= 11 is 0. The van der Waals surface area contributed by atoms with Crippen LogP contribution in [0.15, 0.2) is 6.33 Å². The lowest BCUT2D eigenvalue weighted by atomic mass is 9.86. The molecule has 0 bridgehead atoms. The molecule has 1 aliphatic heterocycles. The van der Waals surface area contributed by atoms with E-state index in [1.54, 1.807) is 11.1 Å². The van der Waals surface area contributed by atoms with Gasteiger partial charge in [0, 0.05) is 11.8 Å². The number of nitrogens with zero attached hydrogens (tertiary/aromatic N) is 3. The Kier molecular flexibility index (Phi) is 1.78. The zero-order valence-corrected chi connectivity index (χ0v) is 8.32. The lowest BCUT2D eigenvalue weighted by Gasteiger charge is -2.33. The Morgan fingerprint density at radius 2 is 2.31 bits per heavy atom. The van der Waals surface area contributed by atoms with Gasteiger partial charge in [-0.2, -0.15) is 4.73 Å². The minimum atomic E-state index is 0.182. The molecule has 0 saturated carbocycles. The molecular weight excluding hydrogens is 166 g/mol. The second kappa shape index (κ2) is 2.72. The van der Waals surface area contributed by atoms with Gasteiger partial charge < -0.3 is 4.84 Å². The van der Waals surface area contributed by atoms with Crippen LogP contribution in [0.1, 0.15) is 33.0 Å². The van der Waals surface area contributed by atoms with Crippen molar-refractivity contribution in [3.63, 3.8) is 0 Å². The Bertz CT molecular complexity index is 300. The Morgan fingerprint density at radius 3 is 3.00 bits per heavy atom. The van der Waals surface area contributed by atoms with Crippen molar-refractivity contribution in [1.82, 2.24) is 14.9 Å². The number of fused-ring (bicyclic) bond motifs is 1. The SMILES string of the molecule is CC(C)(C)C1CCc2nncn2O1. The minimum Gasteiger partial charge on any atom is -0.407 e. The summed E-state index contributed by atoms with van der Waals surface area (Å²) in [6.07, 6.45) is 3.88. The Hall–Kier alpha value is -1.06. The quantitative estimate of drug-likeness (QED) is 0.601. The van der Waals surface area contributed by atoms with Crippen molar-refractivity contribution in [2.75, 3.05) is 0 Å². The maximum atomic E-state index is 5.73. The van der Waals surface area contributed by atoms with Gasteiger partial charge in [0.2, 0.25) is 0 Å². The fourth-order valence-corrected chi connectivity index (χ4v) is 1.54. The van der Waals surface area contributed by atoms with Crippen molar-refractivity contribution in [1.29, 1.82) is 0 Å². The number of rotatable bonds is 0. The van der Waals surface area contributed by atoms with Crippen LogP contribution in [-0.4, -0.2) is 21.0 Å². The van der Waals surface area contributed by atoms with Gasteiger partial charge in [-0.15, -0.1) is 10.2 Å². The summed E-state index contributed by atoms with van der Waals surface area (Å²) in [4.78, 5) is 5.73. The molecule has 1 aromatic heterocycles. The summed E-state index contributed by atoms with van der Waals surface area (Å²) in [7, 11) is 0. The van der Waals surface area contributed by atoms with Gasteiger partial charge >= 0.3 is 0 Å². The first-order chi connectivity index (χ1) is 6.07. The lowest BCUT2D eigenvalue weighted by molar-refractivity contribution is -0.0522. The highest BCUT2D eigenvalue weighted by molar-refractivity contribution is 4.90. The minimum absolute atomic E-state index is 0.182. The maximum Gasteiger partial charge on any atom is 0.169 e. The highest BCUT2D eigenvalue weighted by atomic mass is 16.7. The Balaban J connectivity index is 2.18. The molecule has 1 unspecified atom stereocenters. The maximum absolute atomic E-state index is 5.73. The van der Waals surface area contributed by atoms with Crippen molar-refractivity contribution in [3.8, 4) is 0 Å². The van der Waals surface area contributed by atoms with Crippen LogP contribution in [0.25, 0.3) is 0 Å². The van der Waals surface area contributed by atoms with E-state index in [0.717, 1.165) is 18.7 Å². The molecule has 0 spiro atoms. The predicted molar refractivity (Wildman–Crippen MR) is 48.2 cm³/mol. The van der Waals surface area contributed by atoms with Crippen LogP contribution in [0, 0.1) is 5.41 Å². The molecule has 0 aromatic carbocycles. The zero-order chi connectivity index (χ0) is 9.47. The first-order valence-corrected chi connectivity index (χ1v) is 4.63. The fourth-order valence-electron chi connectivity index (χ4n) is 1.54. The first kappa shape index (κ1) is 8.53. The molecule has 2 heterocycles. The monoisotopic (exact) mass is 181 g/mol. The van der Waals surface area contributed by atoms with Crippen LogP contribution in [0.4, 0.5) is 0 Å². The van der Waals surface area contributed by atoms with E-state index >= 15 is 0 Å². The summed E-state index contributed by atoms with van der Waals surface area (Å²) in [5.41, 5.74) is 0.182. The second-order valence-electron chi connectivity index (χ2n) is 4.57. The van der Waals surface area contributed by atoms with Crippen molar-refractivity contribution in [2.24, 2.45) is 5.41 Å². The molecule has 13 heavy (non-hydrogen) atoms. The van der Waals surface area contributed by atoms with Gasteiger partial charge in [0.1, 0.15) is 6.10 Å².